The molecule has 0 aromatic carbocycles. The topological polar surface area (TPSA) is 32.3 Å². The van der Waals surface area contributed by atoms with Gasteiger partial charge in [-0.25, -0.2) is 0 Å². The van der Waals surface area contributed by atoms with Crippen LogP contribution in [0.5, 0.6) is 0 Å². The summed E-state index contributed by atoms with van der Waals surface area (Å²) in [5, 5.41) is 13.5. The van der Waals surface area contributed by atoms with E-state index in [4.69, 9.17) is 0 Å². The van der Waals surface area contributed by atoms with E-state index in [1.54, 1.807) is 0 Å². The Morgan fingerprint density at radius 3 is 2.54 bits per heavy atom. The zero-order valence-corrected chi connectivity index (χ0v) is 8.55. The van der Waals surface area contributed by atoms with Crippen LogP contribution >= 0.6 is 0 Å². The van der Waals surface area contributed by atoms with Crippen molar-refractivity contribution in [2.75, 3.05) is 0 Å². The smallest absolute Gasteiger partial charge is 0.0693 e. The van der Waals surface area contributed by atoms with Crippen LogP contribution in [0.15, 0.2) is 0 Å². The molecule has 76 valence electrons. The molecule has 0 aromatic rings. The molecular weight excluding hydrogens is 162 g/mol. The Hall–Kier alpha value is -0.0800. The lowest BCUT2D eigenvalue weighted by Gasteiger charge is -2.25. The molecule has 2 rings (SSSR count). The van der Waals surface area contributed by atoms with Crippen molar-refractivity contribution in [3.8, 4) is 0 Å². The van der Waals surface area contributed by atoms with E-state index in [1.807, 2.05) is 0 Å². The molecule has 2 aliphatic carbocycles. The van der Waals surface area contributed by atoms with Gasteiger partial charge in [0.25, 0.3) is 0 Å². The molecule has 0 radical (unpaired) electrons. The van der Waals surface area contributed by atoms with E-state index in [9.17, 15) is 5.11 Å². The highest BCUT2D eigenvalue weighted by atomic mass is 16.3. The van der Waals surface area contributed by atoms with Gasteiger partial charge in [0, 0.05) is 11.6 Å². The first-order valence-electron chi connectivity index (χ1n) is 5.65. The van der Waals surface area contributed by atoms with E-state index in [2.05, 4.69) is 12.2 Å². The fourth-order valence-corrected chi connectivity index (χ4v) is 2.24. The summed E-state index contributed by atoms with van der Waals surface area (Å²) in [5.74, 6) is 0. The molecule has 0 aliphatic heterocycles. The van der Waals surface area contributed by atoms with E-state index in [0.29, 0.717) is 11.6 Å². The van der Waals surface area contributed by atoms with Crippen LogP contribution in [0.2, 0.25) is 0 Å². The zero-order valence-electron chi connectivity index (χ0n) is 8.55. The Kier molecular flexibility index (Phi) is 2.61. The number of nitrogens with one attached hydrogen (secondary N) is 1. The van der Waals surface area contributed by atoms with E-state index in [-0.39, 0.29) is 6.10 Å². The first-order valence-corrected chi connectivity index (χ1v) is 5.65. The lowest BCUT2D eigenvalue weighted by molar-refractivity contribution is 0.113. The third-order valence-corrected chi connectivity index (χ3v) is 3.51. The molecule has 2 N–H and O–H groups in total. The molecule has 2 nitrogen and oxygen atoms in total. The van der Waals surface area contributed by atoms with Crippen molar-refractivity contribution in [2.24, 2.45) is 0 Å². The summed E-state index contributed by atoms with van der Waals surface area (Å²) < 4.78 is 0. The van der Waals surface area contributed by atoms with Crippen LogP contribution in [0.4, 0.5) is 0 Å². The minimum Gasteiger partial charge on any atom is -0.392 e. The van der Waals surface area contributed by atoms with Gasteiger partial charge in [-0.05, 0) is 32.6 Å². The highest BCUT2D eigenvalue weighted by Crippen LogP contribution is 2.36. The van der Waals surface area contributed by atoms with Crippen LogP contribution < -0.4 is 5.32 Å². The molecule has 2 aliphatic rings. The summed E-state index contributed by atoms with van der Waals surface area (Å²) in [5.41, 5.74) is 0.371. The molecule has 2 saturated carbocycles. The van der Waals surface area contributed by atoms with Crippen molar-refractivity contribution >= 4 is 0 Å². The van der Waals surface area contributed by atoms with Crippen molar-refractivity contribution in [1.82, 2.24) is 5.32 Å². The monoisotopic (exact) mass is 183 g/mol. The maximum absolute atomic E-state index is 9.88. The van der Waals surface area contributed by atoms with Crippen LogP contribution in [0, 0.1) is 0 Å². The fourth-order valence-electron chi connectivity index (χ4n) is 2.24. The van der Waals surface area contributed by atoms with Crippen molar-refractivity contribution in [1.29, 1.82) is 0 Å². The second-order valence-electron chi connectivity index (χ2n) is 5.02. The second-order valence-corrected chi connectivity index (χ2v) is 5.02. The summed E-state index contributed by atoms with van der Waals surface area (Å²) in [6, 6.07) is 0.370. The van der Waals surface area contributed by atoms with Gasteiger partial charge in [-0.3, -0.25) is 0 Å². The maximum atomic E-state index is 9.88. The van der Waals surface area contributed by atoms with Crippen LogP contribution in [-0.4, -0.2) is 22.8 Å². The molecule has 2 unspecified atom stereocenters. The van der Waals surface area contributed by atoms with Gasteiger partial charge in [-0.15, -0.1) is 0 Å². The molecule has 0 heterocycles. The molecule has 0 bridgehead atoms. The first kappa shape index (κ1) is 9.47. The Morgan fingerprint density at radius 2 is 1.85 bits per heavy atom. The van der Waals surface area contributed by atoms with Gasteiger partial charge >= 0.3 is 0 Å². The number of rotatable bonds is 2. The number of aliphatic hydroxyl groups excluding tert-OH is 1. The summed E-state index contributed by atoms with van der Waals surface area (Å²) in [4.78, 5) is 0. The van der Waals surface area contributed by atoms with E-state index in [0.717, 1.165) is 12.8 Å². The average Bonchev–Trinajstić information content (AvgIpc) is 2.82. The Bertz CT molecular complexity index is 177. The number of hydrogen-bond donors (Lipinski definition) is 2. The summed E-state index contributed by atoms with van der Waals surface area (Å²) in [7, 11) is 0. The predicted molar refractivity (Wildman–Crippen MR) is 53.7 cm³/mol. The van der Waals surface area contributed by atoms with Gasteiger partial charge in [0.15, 0.2) is 0 Å². The average molecular weight is 183 g/mol. The van der Waals surface area contributed by atoms with Crippen molar-refractivity contribution in [3.05, 3.63) is 0 Å². The minimum atomic E-state index is -0.0973. The molecule has 0 aromatic heterocycles. The van der Waals surface area contributed by atoms with E-state index < -0.39 is 0 Å². The van der Waals surface area contributed by atoms with E-state index >= 15 is 0 Å². The Morgan fingerprint density at radius 1 is 1.15 bits per heavy atom. The van der Waals surface area contributed by atoms with Gasteiger partial charge in [-0.2, -0.15) is 0 Å². The Labute approximate surface area is 80.7 Å². The van der Waals surface area contributed by atoms with Crippen molar-refractivity contribution < 1.29 is 5.11 Å². The maximum Gasteiger partial charge on any atom is 0.0693 e. The molecule has 2 atom stereocenters. The lowest BCUT2D eigenvalue weighted by atomic mass is 10.0. The third kappa shape index (κ3) is 2.44. The standard InChI is InChI=1S/C11H21NO/c1-11(7-8-11)12-9-5-3-2-4-6-10(9)13/h9-10,12-13H,2-8H2,1H3. The highest BCUT2D eigenvalue weighted by Gasteiger charge is 2.40. The summed E-state index contributed by atoms with van der Waals surface area (Å²) >= 11 is 0. The Balaban J connectivity index is 1.87. The van der Waals surface area contributed by atoms with Gasteiger partial charge in [0.05, 0.1) is 6.10 Å². The molecule has 2 heteroatoms. The molecular formula is C11H21NO. The van der Waals surface area contributed by atoms with Crippen LogP contribution in [0.25, 0.3) is 0 Å². The quantitative estimate of drug-likeness (QED) is 0.640. The normalized spacial score (nSPS) is 38.3. The summed E-state index contributed by atoms with van der Waals surface area (Å²) in [6.45, 7) is 2.27. The van der Waals surface area contributed by atoms with Crippen molar-refractivity contribution in [2.45, 2.75) is 69.6 Å². The highest BCUT2D eigenvalue weighted by molar-refractivity contribution is 5.00. The fraction of sp³-hybridized carbons (Fsp3) is 1.00. The predicted octanol–water partition coefficient (Wildman–Crippen LogP) is 1.82. The molecule has 2 fully saturated rings. The van der Waals surface area contributed by atoms with Crippen molar-refractivity contribution in [3.63, 3.8) is 0 Å². The molecule has 13 heavy (non-hydrogen) atoms. The largest absolute Gasteiger partial charge is 0.392 e. The minimum absolute atomic E-state index is 0.0973. The molecule has 0 spiro atoms. The SMILES string of the molecule is CC1(NC2CCCCCC2O)CC1. The van der Waals surface area contributed by atoms with Gasteiger partial charge in [-0.1, -0.05) is 19.3 Å². The summed E-state index contributed by atoms with van der Waals surface area (Å²) in [6.07, 6.45) is 8.42. The van der Waals surface area contributed by atoms with Crippen LogP contribution in [0.1, 0.15) is 51.9 Å². The number of hydrogen-bond acceptors (Lipinski definition) is 2. The molecule has 0 amide bonds. The second kappa shape index (κ2) is 3.58. The van der Waals surface area contributed by atoms with Crippen LogP contribution in [0.3, 0.4) is 0 Å². The van der Waals surface area contributed by atoms with Gasteiger partial charge in [0.1, 0.15) is 0 Å². The number of aliphatic hydroxyl groups is 1. The van der Waals surface area contributed by atoms with Gasteiger partial charge < -0.3 is 10.4 Å². The third-order valence-electron chi connectivity index (χ3n) is 3.51. The lowest BCUT2D eigenvalue weighted by Crippen LogP contribution is -2.45. The van der Waals surface area contributed by atoms with E-state index in [1.165, 1.54) is 32.1 Å². The zero-order chi connectivity index (χ0) is 9.31. The van der Waals surface area contributed by atoms with Gasteiger partial charge in [0.2, 0.25) is 0 Å². The molecule has 0 saturated heterocycles. The first-order chi connectivity index (χ1) is 6.20. The van der Waals surface area contributed by atoms with Crippen LogP contribution in [-0.2, 0) is 0 Å².